The normalized spacial score (nSPS) is 29.4. The van der Waals surface area contributed by atoms with Crippen molar-refractivity contribution in [3.05, 3.63) is 0 Å². The van der Waals surface area contributed by atoms with E-state index in [9.17, 15) is 5.11 Å². The van der Waals surface area contributed by atoms with Crippen LogP contribution in [-0.4, -0.2) is 48.5 Å². The summed E-state index contributed by atoms with van der Waals surface area (Å²) >= 11 is 0. The van der Waals surface area contributed by atoms with Gasteiger partial charge in [-0.1, -0.05) is 19.8 Å². The first-order chi connectivity index (χ1) is 7.19. The Morgan fingerprint density at radius 3 is 2.60 bits per heavy atom. The zero-order valence-electron chi connectivity index (χ0n) is 10.3. The Bertz CT molecular complexity index is 173. The molecule has 0 heterocycles. The van der Waals surface area contributed by atoms with E-state index in [4.69, 9.17) is 4.74 Å². The summed E-state index contributed by atoms with van der Waals surface area (Å²) in [4.78, 5) is 2.36. The van der Waals surface area contributed by atoms with E-state index in [1.54, 1.807) is 7.11 Å². The van der Waals surface area contributed by atoms with Crippen molar-refractivity contribution in [2.24, 2.45) is 0 Å². The van der Waals surface area contributed by atoms with Gasteiger partial charge in [-0.2, -0.15) is 0 Å². The number of likely N-dealkylation sites (N-methyl/N-ethyl adjacent to an activating group) is 1. The van der Waals surface area contributed by atoms with Crippen LogP contribution >= 0.6 is 0 Å². The van der Waals surface area contributed by atoms with Gasteiger partial charge in [0.25, 0.3) is 0 Å². The molecule has 1 rings (SSSR count). The fourth-order valence-electron chi connectivity index (χ4n) is 2.61. The molecular weight excluding hydrogens is 190 g/mol. The average molecular weight is 215 g/mol. The predicted octanol–water partition coefficient (Wildman–Crippen LogP) is 1.65. The molecule has 0 amide bonds. The molecular formula is C12H25NO2. The van der Waals surface area contributed by atoms with Crippen LogP contribution in [0.15, 0.2) is 0 Å². The number of nitrogens with zero attached hydrogens (tertiary/aromatic N) is 1. The van der Waals surface area contributed by atoms with Gasteiger partial charge in [-0.15, -0.1) is 0 Å². The first kappa shape index (κ1) is 12.9. The van der Waals surface area contributed by atoms with Gasteiger partial charge in [0.1, 0.15) is 0 Å². The second kappa shape index (κ2) is 6.46. The lowest BCUT2D eigenvalue weighted by Crippen LogP contribution is -2.48. The SMILES string of the molecule is CCN(C[C@@H](C)O)[C@@H]1CCCCC1OC. The van der Waals surface area contributed by atoms with E-state index in [-0.39, 0.29) is 6.10 Å². The van der Waals surface area contributed by atoms with Crippen LogP contribution in [-0.2, 0) is 4.74 Å². The monoisotopic (exact) mass is 215 g/mol. The third-order valence-corrected chi connectivity index (χ3v) is 3.34. The summed E-state index contributed by atoms with van der Waals surface area (Å²) in [6.07, 6.45) is 5.06. The molecule has 1 aliphatic carbocycles. The second-order valence-electron chi connectivity index (χ2n) is 4.56. The molecule has 0 spiro atoms. The topological polar surface area (TPSA) is 32.7 Å². The summed E-state index contributed by atoms with van der Waals surface area (Å²) in [7, 11) is 1.80. The third kappa shape index (κ3) is 3.74. The third-order valence-electron chi connectivity index (χ3n) is 3.34. The first-order valence-electron chi connectivity index (χ1n) is 6.14. The lowest BCUT2D eigenvalue weighted by molar-refractivity contribution is -0.0215. The highest BCUT2D eigenvalue weighted by Gasteiger charge is 2.29. The van der Waals surface area contributed by atoms with Crippen LogP contribution in [0.25, 0.3) is 0 Å². The Morgan fingerprint density at radius 2 is 2.07 bits per heavy atom. The molecule has 90 valence electrons. The number of hydrogen-bond donors (Lipinski definition) is 1. The largest absolute Gasteiger partial charge is 0.392 e. The van der Waals surface area contributed by atoms with Crippen LogP contribution in [0.4, 0.5) is 0 Å². The van der Waals surface area contributed by atoms with Crippen molar-refractivity contribution in [2.45, 2.75) is 57.8 Å². The van der Waals surface area contributed by atoms with E-state index in [0.29, 0.717) is 12.1 Å². The Kier molecular flexibility index (Phi) is 5.58. The molecule has 3 atom stereocenters. The van der Waals surface area contributed by atoms with E-state index in [0.717, 1.165) is 19.5 Å². The van der Waals surface area contributed by atoms with Gasteiger partial charge in [0.15, 0.2) is 0 Å². The van der Waals surface area contributed by atoms with Gasteiger partial charge < -0.3 is 9.84 Å². The molecule has 1 saturated carbocycles. The summed E-state index contributed by atoms with van der Waals surface area (Å²) in [6, 6.07) is 0.503. The summed E-state index contributed by atoms with van der Waals surface area (Å²) < 4.78 is 5.54. The van der Waals surface area contributed by atoms with Crippen LogP contribution in [0.2, 0.25) is 0 Å². The van der Waals surface area contributed by atoms with Crippen LogP contribution in [0.3, 0.4) is 0 Å². The number of aliphatic hydroxyl groups is 1. The molecule has 3 nitrogen and oxygen atoms in total. The molecule has 0 radical (unpaired) electrons. The zero-order chi connectivity index (χ0) is 11.3. The molecule has 1 unspecified atom stereocenters. The predicted molar refractivity (Wildman–Crippen MR) is 62.0 cm³/mol. The Balaban J connectivity index is 2.55. The highest BCUT2D eigenvalue weighted by Crippen LogP contribution is 2.25. The number of ether oxygens (including phenoxy) is 1. The summed E-state index contributed by atoms with van der Waals surface area (Å²) in [5.41, 5.74) is 0. The maximum absolute atomic E-state index is 9.46. The van der Waals surface area contributed by atoms with Crippen molar-refractivity contribution in [2.75, 3.05) is 20.2 Å². The quantitative estimate of drug-likeness (QED) is 0.757. The van der Waals surface area contributed by atoms with Gasteiger partial charge in [0.2, 0.25) is 0 Å². The van der Waals surface area contributed by atoms with Crippen molar-refractivity contribution in [1.29, 1.82) is 0 Å². The van der Waals surface area contributed by atoms with Crippen LogP contribution in [0, 0.1) is 0 Å². The standard InChI is InChI=1S/C12H25NO2/c1-4-13(9-10(2)14)11-7-5-6-8-12(11)15-3/h10-12,14H,4-9H2,1-3H3/t10-,11-,12?/m1/s1. The molecule has 0 bridgehead atoms. The van der Waals surface area contributed by atoms with Crippen molar-refractivity contribution in [3.63, 3.8) is 0 Å². The van der Waals surface area contributed by atoms with Gasteiger partial charge in [-0.25, -0.2) is 0 Å². The van der Waals surface area contributed by atoms with Crippen LogP contribution in [0.1, 0.15) is 39.5 Å². The van der Waals surface area contributed by atoms with Gasteiger partial charge in [0.05, 0.1) is 12.2 Å². The zero-order valence-corrected chi connectivity index (χ0v) is 10.3. The lowest BCUT2D eigenvalue weighted by atomic mass is 9.91. The molecule has 3 heteroatoms. The Morgan fingerprint density at radius 1 is 1.40 bits per heavy atom. The summed E-state index contributed by atoms with van der Waals surface area (Å²) in [6.45, 7) is 5.77. The van der Waals surface area contributed by atoms with Crippen LogP contribution < -0.4 is 0 Å². The smallest absolute Gasteiger partial charge is 0.0726 e. The van der Waals surface area contributed by atoms with Crippen molar-refractivity contribution >= 4 is 0 Å². The summed E-state index contributed by atoms with van der Waals surface area (Å²) in [5, 5.41) is 9.46. The minimum Gasteiger partial charge on any atom is -0.392 e. The van der Waals surface area contributed by atoms with E-state index in [2.05, 4.69) is 11.8 Å². The Labute approximate surface area is 93.4 Å². The van der Waals surface area contributed by atoms with Gasteiger partial charge in [-0.05, 0) is 26.3 Å². The highest BCUT2D eigenvalue weighted by atomic mass is 16.5. The number of methoxy groups -OCH3 is 1. The molecule has 0 aromatic carbocycles. The van der Waals surface area contributed by atoms with E-state index < -0.39 is 0 Å². The minimum absolute atomic E-state index is 0.246. The fourth-order valence-corrected chi connectivity index (χ4v) is 2.61. The fraction of sp³-hybridized carbons (Fsp3) is 1.00. The number of hydrogen-bond acceptors (Lipinski definition) is 3. The maximum Gasteiger partial charge on any atom is 0.0726 e. The molecule has 0 saturated heterocycles. The van der Waals surface area contributed by atoms with Gasteiger partial charge in [-0.3, -0.25) is 4.90 Å². The minimum atomic E-state index is -0.246. The van der Waals surface area contributed by atoms with Gasteiger partial charge in [0, 0.05) is 19.7 Å². The second-order valence-corrected chi connectivity index (χ2v) is 4.56. The molecule has 0 aliphatic heterocycles. The number of rotatable bonds is 5. The van der Waals surface area contributed by atoms with E-state index >= 15 is 0 Å². The van der Waals surface area contributed by atoms with Crippen molar-refractivity contribution in [3.8, 4) is 0 Å². The van der Waals surface area contributed by atoms with E-state index in [1.165, 1.54) is 19.3 Å². The highest BCUT2D eigenvalue weighted by molar-refractivity contribution is 4.84. The van der Waals surface area contributed by atoms with Gasteiger partial charge >= 0.3 is 0 Å². The summed E-state index contributed by atoms with van der Waals surface area (Å²) in [5.74, 6) is 0. The molecule has 0 aromatic rings. The first-order valence-corrected chi connectivity index (χ1v) is 6.14. The van der Waals surface area contributed by atoms with Crippen LogP contribution in [0.5, 0.6) is 0 Å². The lowest BCUT2D eigenvalue weighted by Gasteiger charge is -2.39. The van der Waals surface area contributed by atoms with E-state index in [1.807, 2.05) is 6.92 Å². The molecule has 0 aromatic heterocycles. The molecule has 15 heavy (non-hydrogen) atoms. The molecule has 1 N–H and O–H groups in total. The molecule has 1 aliphatic rings. The number of aliphatic hydroxyl groups excluding tert-OH is 1. The van der Waals surface area contributed by atoms with Crippen molar-refractivity contribution in [1.82, 2.24) is 4.90 Å². The molecule has 1 fully saturated rings. The average Bonchev–Trinajstić information content (AvgIpc) is 2.25. The maximum atomic E-state index is 9.46. The van der Waals surface area contributed by atoms with Crippen molar-refractivity contribution < 1.29 is 9.84 Å². The Hall–Kier alpha value is -0.120.